The molecule has 412 valence electrons. The number of hydrogen-bond donors (Lipinski definition) is 7. The first-order chi connectivity index (χ1) is 33.8. The molecule has 0 saturated carbocycles. The van der Waals surface area contributed by atoms with Crippen LogP contribution in [0, 0.1) is 11.8 Å². The molecule has 0 spiro atoms. The van der Waals surface area contributed by atoms with Crippen molar-refractivity contribution in [3.63, 3.8) is 0 Å². The van der Waals surface area contributed by atoms with Crippen molar-refractivity contribution in [2.75, 3.05) is 6.61 Å². The van der Waals surface area contributed by atoms with Crippen molar-refractivity contribution in [2.45, 2.75) is 281 Å². The van der Waals surface area contributed by atoms with Crippen LogP contribution < -0.4 is 0 Å². The third-order valence-electron chi connectivity index (χ3n) is 14.7. The molecule has 5 heterocycles. The Kier molecular flexibility index (Phi) is 24.1. The summed E-state index contributed by atoms with van der Waals surface area (Å²) in [6, 6.07) is 0. The van der Waals surface area contributed by atoms with Crippen molar-refractivity contribution in [2.24, 2.45) is 11.8 Å². The summed E-state index contributed by atoms with van der Waals surface area (Å²) in [7, 11) is 0. The monoisotopic (exact) mass is 1020 g/mol. The highest BCUT2D eigenvalue weighted by atomic mass is 16.8. The Morgan fingerprint density at radius 1 is 0.577 bits per heavy atom. The van der Waals surface area contributed by atoms with E-state index < -0.39 is 159 Å². The molecule has 5 aliphatic rings. The second-order valence-electron chi connectivity index (χ2n) is 20.2. The van der Waals surface area contributed by atoms with Gasteiger partial charge in [0, 0.05) is 6.42 Å². The zero-order valence-corrected chi connectivity index (χ0v) is 42.9. The maximum absolute atomic E-state index is 13.9. The topological polar surface area (TPSA) is 294 Å². The maximum Gasteiger partial charge on any atom is 0.309 e. The van der Waals surface area contributed by atoms with Gasteiger partial charge in [-0.25, -0.2) is 0 Å². The quantitative estimate of drug-likeness (QED) is 0.0705. The Morgan fingerprint density at radius 3 is 1.79 bits per heavy atom. The second-order valence-corrected chi connectivity index (χ2v) is 20.2. The molecule has 5 fully saturated rings. The van der Waals surface area contributed by atoms with Gasteiger partial charge < -0.3 is 87.9 Å². The van der Waals surface area contributed by atoms with Crippen molar-refractivity contribution in [1.29, 1.82) is 0 Å². The first-order valence-electron chi connectivity index (χ1n) is 26.4. The van der Waals surface area contributed by atoms with Crippen LogP contribution >= 0.6 is 0 Å². The van der Waals surface area contributed by atoms with Crippen LogP contribution in [0.4, 0.5) is 0 Å². The molecular formula is C50H86O21. The van der Waals surface area contributed by atoms with Crippen LogP contribution in [0.25, 0.3) is 0 Å². The van der Waals surface area contributed by atoms with Gasteiger partial charge in [0.25, 0.3) is 0 Å². The molecule has 5 aliphatic heterocycles. The van der Waals surface area contributed by atoms with Gasteiger partial charge in [0.1, 0.15) is 54.9 Å². The lowest BCUT2D eigenvalue weighted by Crippen LogP contribution is -2.68. The third kappa shape index (κ3) is 15.7. The molecule has 0 radical (unpaired) electrons. The largest absolute Gasteiger partial charge is 0.456 e. The van der Waals surface area contributed by atoms with Crippen molar-refractivity contribution < 1.29 is 102 Å². The number of rotatable bonds is 15. The number of ether oxygens (including phenoxy) is 11. The van der Waals surface area contributed by atoms with Gasteiger partial charge in [-0.1, -0.05) is 92.4 Å². The Labute approximate surface area is 418 Å². The zero-order valence-electron chi connectivity index (χ0n) is 42.9. The van der Waals surface area contributed by atoms with E-state index in [1.807, 2.05) is 0 Å². The molecule has 10 unspecified atom stereocenters. The Hall–Kier alpha value is -2.19. The van der Waals surface area contributed by atoms with Crippen LogP contribution in [0.5, 0.6) is 0 Å². The summed E-state index contributed by atoms with van der Waals surface area (Å²) in [5, 5.41) is 78.2. The molecule has 0 aromatic carbocycles. The van der Waals surface area contributed by atoms with E-state index in [2.05, 4.69) is 6.92 Å². The van der Waals surface area contributed by atoms with E-state index >= 15 is 0 Å². The average Bonchev–Trinajstić information content (AvgIpc) is 3.34. The normalized spacial score (nSPS) is 42.2. The van der Waals surface area contributed by atoms with E-state index in [9.17, 15) is 50.1 Å². The number of carbonyl (C=O) groups excluding carboxylic acids is 3. The minimum atomic E-state index is -1.86. The molecule has 0 amide bonds. The van der Waals surface area contributed by atoms with Gasteiger partial charge in [0.2, 0.25) is 0 Å². The summed E-state index contributed by atoms with van der Waals surface area (Å²) in [5.41, 5.74) is 0. The van der Waals surface area contributed by atoms with Gasteiger partial charge in [-0.05, 0) is 52.9 Å². The molecule has 2 bridgehead atoms. The van der Waals surface area contributed by atoms with E-state index in [1.54, 1.807) is 34.6 Å². The summed E-state index contributed by atoms with van der Waals surface area (Å²) in [5.74, 6) is -3.52. The molecule has 5 saturated heterocycles. The standard InChI is InChI=1S/C50H86O21/c1-9-12-18-21-30-22-19-16-14-13-15-17-20-23-32(52)66-40-35(55)31(24-51)65-50(69-41-37(57)34(54)28(7)62-48(41)64-30)43(40)71-49-44(68-46(60)26(5)11-3)42(39(29(8)63-49)67-45(59)25(4)10-2)70-47-38(58)36(56)33(53)27(6)61-47/h25-31,33-44,47-51,53-58H,9-24H2,1-8H3/t25-,26+,27?,28?,29?,30-,31?,33-,34-,35+,36?,37?,38-,39-,40?,41?,42?,43?,44-,47-,48+,49-,50-/m0/s1. The summed E-state index contributed by atoms with van der Waals surface area (Å²) in [6.07, 6.45) is -20.8. The highest BCUT2D eigenvalue weighted by molar-refractivity contribution is 5.73. The number of aliphatic hydroxyl groups excluding tert-OH is 7. The lowest BCUT2D eigenvalue weighted by atomic mass is 9.95. The Morgan fingerprint density at radius 2 is 1.15 bits per heavy atom. The molecule has 5 rings (SSSR count). The Bertz CT molecular complexity index is 1610. The molecule has 23 atom stereocenters. The average molecular weight is 1020 g/mol. The molecule has 0 aromatic rings. The fourth-order valence-corrected chi connectivity index (χ4v) is 9.46. The highest BCUT2D eigenvalue weighted by Crippen LogP contribution is 2.39. The van der Waals surface area contributed by atoms with E-state index in [-0.39, 0.29) is 12.5 Å². The molecule has 0 aromatic heterocycles. The number of esters is 3. The number of carbonyl (C=O) groups is 3. The molecular weight excluding hydrogens is 937 g/mol. The SMILES string of the molecule is CCCCC[C@H]1CCCCCCCCCC(=O)OC2C(O[C@@H]3OC(C)[C@H](OC(=O)[C@@H](C)CC)C(O[C@@H]4OC(C)[C@H](O)C(O)[C@@H]4O)[C@@H]3OC(=O)[C@H](C)CC)[C@H](OC3C(O)[C@@H](O)C(C)O[C@@H]3O1)OC(CO)[C@H]2O. The number of fused-ring (bicyclic) bond motifs is 3. The van der Waals surface area contributed by atoms with Crippen LogP contribution in [0.3, 0.4) is 0 Å². The first-order valence-corrected chi connectivity index (χ1v) is 26.4. The molecule has 21 heteroatoms. The summed E-state index contributed by atoms with van der Waals surface area (Å²) >= 11 is 0. The van der Waals surface area contributed by atoms with Crippen LogP contribution in [0.1, 0.15) is 152 Å². The second kappa shape index (κ2) is 28.6. The predicted molar refractivity (Wildman–Crippen MR) is 249 cm³/mol. The third-order valence-corrected chi connectivity index (χ3v) is 14.7. The summed E-state index contributed by atoms with van der Waals surface area (Å²) in [4.78, 5) is 41.3. The number of unbranched alkanes of at least 4 members (excludes halogenated alkanes) is 2. The molecule has 7 N–H and O–H groups in total. The Balaban J connectivity index is 1.63. The van der Waals surface area contributed by atoms with Crippen molar-refractivity contribution >= 4 is 17.9 Å². The highest BCUT2D eigenvalue weighted by Gasteiger charge is 2.58. The van der Waals surface area contributed by atoms with Gasteiger partial charge in [-0.15, -0.1) is 0 Å². The van der Waals surface area contributed by atoms with Crippen molar-refractivity contribution in [3.8, 4) is 0 Å². The number of hydrogen-bond acceptors (Lipinski definition) is 21. The lowest BCUT2D eigenvalue weighted by molar-refractivity contribution is -0.400. The van der Waals surface area contributed by atoms with E-state index in [1.165, 1.54) is 13.8 Å². The van der Waals surface area contributed by atoms with Crippen LogP contribution in [-0.2, 0) is 66.5 Å². The van der Waals surface area contributed by atoms with Gasteiger partial charge in [-0.3, -0.25) is 14.4 Å². The summed E-state index contributed by atoms with van der Waals surface area (Å²) < 4.78 is 69.4. The van der Waals surface area contributed by atoms with Gasteiger partial charge in [-0.2, -0.15) is 0 Å². The molecule has 71 heavy (non-hydrogen) atoms. The molecule has 21 nitrogen and oxygen atoms in total. The summed E-state index contributed by atoms with van der Waals surface area (Å²) in [6.45, 7) is 12.6. The minimum absolute atomic E-state index is 0.0470. The fourth-order valence-electron chi connectivity index (χ4n) is 9.46. The van der Waals surface area contributed by atoms with E-state index in [0.29, 0.717) is 32.1 Å². The van der Waals surface area contributed by atoms with E-state index in [0.717, 1.165) is 57.8 Å². The lowest BCUT2D eigenvalue weighted by Gasteiger charge is -2.50. The molecule has 0 aliphatic carbocycles. The van der Waals surface area contributed by atoms with Crippen LogP contribution in [0.15, 0.2) is 0 Å². The predicted octanol–water partition coefficient (Wildman–Crippen LogP) is 2.58. The van der Waals surface area contributed by atoms with Crippen molar-refractivity contribution in [3.05, 3.63) is 0 Å². The van der Waals surface area contributed by atoms with Crippen LogP contribution in [0.2, 0.25) is 0 Å². The zero-order chi connectivity index (χ0) is 52.1. The fraction of sp³-hybridized carbons (Fsp3) is 0.940. The number of aliphatic hydroxyl groups is 7. The van der Waals surface area contributed by atoms with Crippen LogP contribution in [-0.4, -0.2) is 189 Å². The minimum Gasteiger partial charge on any atom is -0.456 e. The first kappa shape index (κ1) is 59.7. The van der Waals surface area contributed by atoms with Gasteiger partial charge in [0.05, 0.1) is 42.9 Å². The van der Waals surface area contributed by atoms with Gasteiger partial charge in [0.15, 0.2) is 49.6 Å². The maximum atomic E-state index is 13.9. The van der Waals surface area contributed by atoms with E-state index in [4.69, 9.17) is 52.1 Å². The van der Waals surface area contributed by atoms with Crippen molar-refractivity contribution in [1.82, 2.24) is 0 Å². The smallest absolute Gasteiger partial charge is 0.309 e. The van der Waals surface area contributed by atoms with Gasteiger partial charge >= 0.3 is 17.9 Å².